The van der Waals surface area contributed by atoms with Gasteiger partial charge in [-0.2, -0.15) is 5.26 Å². The molecule has 0 radical (unpaired) electrons. The van der Waals surface area contributed by atoms with Crippen LogP contribution >= 0.6 is 0 Å². The van der Waals surface area contributed by atoms with Crippen molar-refractivity contribution in [2.24, 2.45) is 0 Å². The van der Waals surface area contributed by atoms with Crippen LogP contribution in [0.25, 0.3) is 0 Å². The highest BCUT2D eigenvalue weighted by Gasteiger charge is 2.27. The third kappa shape index (κ3) is 3.24. The molecule has 7 nitrogen and oxygen atoms in total. The fraction of sp³-hybridized carbons (Fsp3) is 0.667. The molecule has 1 amide bonds. The Balaban J connectivity index is 2.72. The SMILES string of the molecule is CCC(C)(CNC(=O)c1noc(OO)c1C)N(C)C. The van der Waals surface area contributed by atoms with Gasteiger partial charge in [0.2, 0.25) is 0 Å². The van der Waals surface area contributed by atoms with Crippen molar-refractivity contribution in [3.8, 4) is 5.95 Å². The summed E-state index contributed by atoms with van der Waals surface area (Å²) in [5.41, 5.74) is 0.341. The van der Waals surface area contributed by atoms with Crippen LogP contribution in [0.3, 0.4) is 0 Å². The Kier molecular flexibility index (Phi) is 4.90. The van der Waals surface area contributed by atoms with E-state index in [-0.39, 0.29) is 23.1 Å². The number of likely N-dealkylation sites (N-methyl/N-ethyl adjacent to an activating group) is 1. The number of carbonyl (C=O) groups excluding carboxylic acids is 1. The van der Waals surface area contributed by atoms with Crippen molar-refractivity contribution in [1.29, 1.82) is 0 Å². The molecule has 1 unspecified atom stereocenters. The Morgan fingerprint density at radius 2 is 2.21 bits per heavy atom. The smallest absolute Gasteiger partial charge is 0.349 e. The highest BCUT2D eigenvalue weighted by molar-refractivity contribution is 5.93. The second kappa shape index (κ2) is 6.03. The summed E-state index contributed by atoms with van der Waals surface area (Å²) in [4.78, 5) is 18.0. The van der Waals surface area contributed by atoms with Crippen molar-refractivity contribution >= 4 is 5.91 Å². The Morgan fingerprint density at radius 3 is 2.63 bits per heavy atom. The first-order valence-electron chi connectivity index (χ1n) is 6.09. The number of nitrogens with one attached hydrogen (secondary N) is 1. The molecular formula is C12H21N3O4. The van der Waals surface area contributed by atoms with E-state index in [1.54, 1.807) is 6.92 Å². The summed E-state index contributed by atoms with van der Waals surface area (Å²) in [7, 11) is 3.93. The van der Waals surface area contributed by atoms with Crippen LogP contribution in [0.1, 0.15) is 36.3 Å². The molecular weight excluding hydrogens is 250 g/mol. The summed E-state index contributed by atoms with van der Waals surface area (Å²) < 4.78 is 4.68. The number of nitrogens with zero attached hydrogens (tertiary/aromatic N) is 2. The van der Waals surface area contributed by atoms with E-state index in [0.717, 1.165) is 6.42 Å². The minimum Gasteiger partial charge on any atom is -0.349 e. The van der Waals surface area contributed by atoms with Crippen molar-refractivity contribution in [2.45, 2.75) is 32.7 Å². The molecule has 7 heteroatoms. The Labute approximate surface area is 112 Å². The number of aromatic nitrogens is 1. The molecule has 1 aromatic heterocycles. The van der Waals surface area contributed by atoms with Gasteiger partial charge in [-0.1, -0.05) is 12.1 Å². The third-order valence-corrected chi connectivity index (χ3v) is 3.65. The Morgan fingerprint density at radius 1 is 1.58 bits per heavy atom. The Bertz CT molecular complexity index is 444. The van der Waals surface area contributed by atoms with E-state index >= 15 is 0 Å². The lowest BCUT2D eigenvalue weighted by Crippen LogP contribution is -2.50. The molecule has 0 saturated heterocycles. The minimum atomic E-state index is -0.355. The topological polar surface area (TPSA) is 87.8 Å². The van der Waals surface area contributed by atoms with Gasteiger partial charge in [-0.3, -0.25) is 9.68 Å². The van der Waals surface area contributed by atoms with Gasteiger partial charge in [-0.05, 0) is 34.4 Å². The van der Waals surface area contributed by atoms with Gasteiger partial charge in [0.25, 0.3) is 5.91 Å². The number of hydrogen-bond donors (Lipinski definition) is 2. The molecule has 0 saturated carbocycles. The largest absolute Gasteiger partial charge is 0.350 e. The van der Waals surface area contributed by atoms with E-state index in [1.165, 1.54) is 0 Å². The van der Waals surface area contributed by atoms with Gasteiger partial charge in [0.05, 0.1) is 5.56 Å². The first-order valence-corrected chi connectivity index (χ1v) is 6.09. The third-order valence-electron chi connectivity index (χ3n) is 3.65. The quantitative estimate of drug-likeness (QED) is 0.599. The van der Waals surface area contributed by atoms with Crippen LogP contribution in [0.5, 0.6) is 5.95 Å². The molecule has 1 atom stereocenters. The van der Waals surface area contributed by atoms with Crippen LogP contribution in [0.4, 0.5) is 0 Å². The fourth-order valence-corrected chi connectivity index (χ4v) is 1.57. The van der Waals surface area contributed by atoms with Crippen LogP contribution in [0.15, 0.2) is 4.52 Å². The lowest BCUT2D eigenvalue weighted by atomic mass is 9.97. The van der Waals surface area contributed by atoms with Gasteiger partial charge in [0, 0.05) is 12.1 Å². The molecule has 0 aromatic carbocycles. The van der Waals surface area contributed by atoms with Gasteiger partial charge >= 0.3 is 5.95 Å². The van der Waals surface area contributed by atoms with Crippen LogP contribution in [0.2, 0.25) is 0 Å². The lowest BCUT2D eigenvalue weighted by Gasteiger charge is -2.35. The number of rotatable bonds is 6. The maximum atomic E-state index is 12.0. The number of hydrogen-bond acceptors (Lipinski definition) is 6. The van der Waals surface area contributed by atoms with Gasteiger partial charge < -0.3 is 14.7 Å². The zero-order chi connectivity index (χ0) is 14.6. The zero-order valence-corrected chi connectivity index (χ0v) is 12.0. The molecule has 1 heterocycles. The first kappa shape index (κ1) is 15.5. The Hall–Kier alpha value is -1.60. The van der Waals surface area contributed by atoms with E-state index in [9.17, 15) is 4.79 Å². The summed E-state index contributed by atoms with van der Waals surface area (Å²) >= 11 is 0. The highest BCUT2D eigenvalue weighted by atomic mass is 17.1. The molecule has 0 aliphatic heterocycles. The number of amides is 1. The van der Waals surface area contributed by atoms with E-state index in [4.69, 9.17) is 5.26 Å². The molecule has 108 valence electrons. The summed E-state index contributed by atoms with van der Waals surface area (Å²) in [6, 6.07) is 0. The molecule has 0 spiro atoms. The van der Waals surface area contributed by atoms with Gasteiger partial charge in [-0.25, -0.2) is 0 Å². The maximum Gasteiger partial charge on any atom is 0.350 e. The zero-order valence-electron chi connectivity index (χ0n) is 12.0. The fourth-order valence-electron chi connectivity index (χ4n) is 1.57. The van der Waals surface area contributed by atoms with E-state index in [0.29, 0.717) is 12.1 Å². The summed E-state index contributed by atoms with van der Waals surface area (Å²) in [6.07, 6.45) is 0.892. The number of carbonyl (C=O) groups is 1. The molecule has 0 aliphatic carbocycles. The molecule has 1 rings (SSSR count). The summed E-state index contributed by atoms with van der Waals surface area (Å²) in [6.45, 7) is 6.19. The minimum absolute atomic E-state index is 0.112. The molecule has 19 heavy (non-hydrogen) atoms. The average Bonchev–Trinajstić information content (AvgIpc) is 2.76. The second-order valence-electron chi connectivity index (χ2n) is 4.96. The normalized spacial score (nSPS) is 14.3. The predicted octanol–water partition coefficient (Wildman–Crippen LogP) is 1.29. The molecule has 0 fully saturated rings. The van der Waals surface area contributed by atoms with Crippen molar-refractivity contribution in [3.05, 3.63) is 11.3 Å². The average molecular weight is 271 g/mol. The maximum absolute atomic E-state index is 12.0. The van der Waals surface area contributed by atoms with Gasteiger partial charge in [0.1, 0.15) is 0 Å². The first-order chi connectivity index (χ1) is 8.85. The summed E-state index contributed by atoms with van der Waals surface area (Å²) in [5.74, 6) is -0.526. The van der Waals surface area contributed by atoms with Crippen LogP contribution in [0, 0.1) is 6.92 Å². The van der Waals surface area contributed by atoms with Crippen molar-refractivity contribution in [2.75, 3.05) is 20.6 Å². The van der Waals surface area contributed by atoms with Crippen molar-refractivity contribution in [1.82, 2.24) is 15.4 Å². The monoisotopic (exact) mass is 271 g/mol. The second-order valence-corrected chi connectivity index (χ2v) is 4.96. The molecule has 0 aliphatic rings. The van der Waals surface area contributed by atoms with Gasteiger partial charge in [0.15, 0.2) is 5.69 Å². The standard InChI is InChI=1S/C12H21N3O4/c1-6-12(3,15(4)5)7-13-10(16)9-8(2)11(19-17)18-14-9/h17H,6-7H2,1-5H3,(H,13,16). The van der Waals surface area contributed by atoms with Crippen LogP contribution in [-0.4, -0.2) is 47.4 Å². The predicted molar refractivity (Wildman–Crippen MR) is 69.2 cm³/mol. The molecule has 1 aromatic rings. The lowest BCUT2D eigenvalue weighted by molar-refractivity contribution is -0.158. The van der Waals surface area contributed by atoms with Crippen molar-refractivity contribution < 1.29 is 19.5 Å². The van der Waals surface area contributed by atoms with Crippen LogP contribution in [-0.2, 0) is 0 Å². The highest BCUT2D eigenvalue weighted by Crippen LogP contribution is 2.20. The molecule has 0 bridgehead atoms. The van der Waals surface area contributed by atoms with E-state index < -0.39 is 0 Å². The van der Waals surface area contributed by atoms with Crippen molar-refractivity contribution in [3.63, 3.8) is 0 Å². The van der Waals surface area contributed by atoms with Gasteiger partial charge in [-0.15, -0.1) is 0 Å². The van der Waals surface area contributed by atoms with E-state index in [2.05, 4.69) is 38.6 Å². The van der Waals surface area contributed by atoms with Crippen LogP contribution < -0.4 is 10.2 Å². The molecule has 2 N–H and O–H groups in total. The summed E-state index contributed by atoms with van der Waals surface area (Å²) in [5, 5.41) is 14.9. The van der Waals surface area contributed by atoms with E-state index in [1.807, 2.05) is 14.1 Å².